The fraction of sp³-hybridized carbons (Fsp3) is 0.500. The second-order valence-electron chi connectivity index (χ2n) is 5.52. The van der Waals surface area contributed by atoms with Crippen molar-refractivity contribution in [2.24, 2.45) is 18.2 Å². The number of carbonyl (C=O) groups is 2. The van der Waals surface area contributed by atoms with Gasteiger partial charge in [-0.2, -0.15) is 0 Å². The summed E-state index contributed by atoms with van der Waals surface area (Å²) in [5, 5.41) is 11.1. The molecule has 0 radical (unpaired) electrons. The van der Waals surface area contributed by atoms with Crippen molar-refractivity contribution in [2.75, 3.05) is 5.32 Å². The number of anilines is 1. The number of rotatable bonds is 3. The van der Waals surface area contributed by atoms with Crippen LogP contribution in [0.25, 0.3) is 0 Å². The topological polar surface area (TPSA) is 97.3 Å². The van der Waals surface area contributed by atoms with Gasteiger partial charge in [-0.25, -0.2) is 4.79 Å². The van der Waals surface area contributed by atoms with Gasteiger partial charge in [0.1, 0.15) is 5.69 Å². The van der Waals surface area contributed by atoms with E-state index in [1.165, 1.54) is 0 Å². The van der Waals surface area contributed by atoms with Gasteiger partial charge in [0.15, 0.2) is 0 Å². The van der Waals surface area contributed by atoms with Gasteiger partial charge in [-0.1, -0.05) is 20.8 Å². The Balaban J connectivity index is 3.29. The van der Waals surface area contributed by atoms with Crippen molar-refractivity contribution in [3.63, 3.8) is 0 Å². The Morgan fingerprint density at radius 2 is 2.00 bits per heavy atom. The van der Waals surface area contributed by atoms with E-state index >= 15 is 0 Å². The highest BCUT2D eigenvalue weighted by Gasteiger charge is 2.23. The third-order valence-corrected chi connectivity index (χ3v) is 2.45. The van der Waals surface area contributed by atoms with E-state index in [1.54, 1.807) is 17.8 Å². The van der Waals surface area contributed by atoms with Crippen LogP contribution in [0, 0.1) is 5.41 Å². The van der Waals surface area contributed by atoms with Crippen molar-refractivity contribution < 1.29 is 14.7 Å². The second kappa shape index (κ2) is 4.72. The highest BCUT2D eigenvalue weighted by atomic mass is 16.4. The van der Waals surface area contributed by atoms with Crippen LogP contribution in [-0.2, 0) is 13.5 Å². The predicted octanol–water partition coefficient (Wildman–Crippen LogP) is 1.80. The first-order chi connectivity index (χ1) is 8.11. The van der Waals surface area contributed by atoms with E-state index in [9.17, 15) is 9.59 Å². The molecule has 1 rings (SSSR count). The number of aromatic nitrogens is 1. The molecular formula is C12H19N3O3. The molecule has 1 heterocycles. The van der Waals surface area contributed by atoms with Gasteiger partial charge in [-0.05, 0) is 17.4 Å². The Labute approximate surface area is 106 Å². The fourth-order valence-electron chi connectivity index (χ4n) is 1.94. The summed E-state index contributed by atoms with van der Waals surface area (Å²) in [4.78, 5) is 22.2. The van der Waals surface area contributed by atoms with Gasteiger partial charge in [0.25, 0.3) is 5.91 Å². The molecule has 0 aliphatic carbocycles. The molecule has 0 unspecified atom stereocenters. The number of primary amides is 1. The molecule has 0 bridgehead atoms. The molecule has 0 saturated carbocycles. The molecule has 0 atom stereocenters. The summed E-state index contributed by atoms with van der Waals surface area (Å²) >= 11 is 0. The zero-order chi connectivity index (χ0) is 14.1. The average molecular weight is 253 g/mol. The monoisotopic (exact) mass is 253 g/mol. The number of amides is 2. The van der Waals surface area contributed by atoms with Crippen LogP contribution in [0.15, 0.2) is 6.20 Å². The molecule has 0 aliphatic rings. The maximum Gasteiger partial charge on any atom is 0.409 e. The summed E-state index contributed by atoms with van der Waals surface area (Å²) < 4.78 is 1.55. The van der Waals surface area contributed by atoms with Crippen LogP contribution < -0.4 is 11.1 Å². The second-order valence-corrected chi connectivity index (χ2v) is 5.52. The van der Waals surface area contributed by atoms with Crippen LogP contribution in [0.2, 0.25) is 0 Å². The zero-order valence-corrected chi connectivity index (χ0v) is 11.1. The summed E-state index contributed by atoms with van der Waals surface area (Å²) in [7, 11) is 1.67. The fourth-order valence-corrected chi connectivity index (χ4v) is 1.94. The predicted molar refractivity (Wildman–Crippen MR) is 68.7 cm³/mol. The Morgan fingerprint density at radius 3 is 2.39 bits per heavy atom. The number of aryl methyl sites for hydroxylation is 1. The highest BCUT2D eigenvalue weighted by Crippen LogP contribution is 2.29. The quantitative estimate of drug-likeness (QED) is 0.766. The molecule has 2 amide bonds. The summed E-state index contributed by atoms with van der Waals surface area (Å²) in [5.41, 5.74) is 6.48. The third-order valence-electron chi connectivity index (χ3n) is 2.45. The molecular weight excluding hydrogens is 234 g/mol. The van der Waals surface area contributed by atoms with E-state index in [0.29, 0.717) is 6.42 Å². The van der Waals surface area contributed by atoms with E-state index in [0.717, 1.165) is 5.56 Å². The van der Waals surface area contributed by atoms with Crippen LogP contribution in [0.5, 0.6) is 0 Å². The largest absolute Gasteiger partial charge is 0.465 e. The van der Waals surface area contributed by atoms with Crippen molar-refractivity contribution in [2.45, 2.75) is 27.2 Å². The number of carbonyl (C=O) groups excluding carboxylic acids is 1. The number of carboxylic acid groups (broad SMARTS) is 1. The molecule has 6 heteroatoms. The minimum atomic E-state index is -1.21. The number of hydrogen-bond acceptors (Lipinski definition) is 2. The van der Waals surface area contributed by atoms with Gasteiger partial charge in [0, 0.05) is 13.2 Å². The van der Waals surface area contributed by atoms with Crippen LogP contribution >= 0.6 is 0 Å². The lowest BCUT2D eigenvalue weighted by molar-refractivity contribution is 0.0993. The summed E-state index contributed by atoms with van der Waals surface area (Å²) in [6.07, 6.45) is 1.17. The molecule has 0 spiro atoms. The smallest absolute Gasteiger partial charge is 0.409 e. The molecule has 1 aromatic rings. The van der Waals surface area contributed by atoms with Crippen molar-refractivity contribution in [3.8, 4) is 0 Å². The van der Waals surface area contributed by atoms with E-state index in [-0.39, 0.29) is 16.8 Å². The summed E-state index contributed by atoms with van der Waals surface area (Å²) in [6.45, 7) is 6.11. The van der Waals surface area contributed by atoms with Gasteiger partial charge < -0.3 is 15.4 Å². The molecule has 6 nitrogen and oxygen atoms in total. The summed E-state index contributed by atoms with van der Waals surface area (Å²) in [6, 6.07) is 0. The number of nitrogens with one attached hydrogen (secondary N) is 1. The minimum Gasteiger partial charge on any atom is -0.465 e. The van der Waals surface area contributed by atoms with E-state index < -0.39 is 12.0 Å². The van der Waals surface area contributed by atoms with Gasteiger partial charge in [-0.15, -0.1) is 0 Å². The number of nitrogens with zero attached hydrogens (tertiary/aromatic N) is 1. The van der Waals surface area contributed by atoms with Gasteiger partial charge in [0.2, 0.25) is 0 Å². The number of hydrogen-bond donors (Lipinski definition) is 3. The Morgan fingerprint density at radius 1 is 1.44 bits per heavy atom. The molecule has 18 heavy (non-hydrogen) atoms. The van der Waals surface area contributed by atoms with E-state index in [1.807, 2.05) is 20.8 Å². The Hall–Kier alpha value is -1.98. The lowest BCUT2D eigenvalue weighted by Gasteiger charge is -2.18. The average Bonchev–Trinajstić information content (AvgIpc) is 2.38. The maximum atomic E-state index is 11.4. The van der Waals surface area contributed by atoms with Crippen LogP contribution in [-0.4, -0.2) is 21.7 Å². The standard InChI is InChI=1S/C12H19N3O3/c1-12(2,3)5-7-6-15(4)9(10(13)16)8(7)14-11(17)18/h6,14H,5H2,1-4H3,(H2,13,16)(H,17,18). The first-order valence-electron chi connectivity index (χ1n) is 5.60. The van der Waals surface area contributed by atoms with Crippen molar-refractivity contribution in [3.05, 3.63) is 17.5 Å². The maximum absolute atomic E-state index is 11.4. The molecule has 0 saturated heterocycles. The minimum absolute atomic E-state index is 0.0226. The molecule has 0 fully saturated rings. The molecule has 0 aliphatic heterocycles. The van der Waals surface area contributed by atoms with Gasteiger partial charge in [-0.3, -0.25) is 10.1 Å². The summed E-state index contributed by atoms with van der Waals surface area (Å²) in [5.74, 6) is -0.651. The molecule has 1 aromatic heterocycles. The first kappa shape index (κ1) is 14.1. The molecule has 100 valence electrons. The highest BCUT2D eigenvalue weighted by molar-refractivity contribution is 6.01. The lowest BCUT2D eigenvalue weighted by atomic mass is 9.88. The van der Waals surface area contributed by atoms with Crippen molar-refractivity contribution >= 4 is 17.7 Å². The Kier molecular flexibility index (Phi) is 3.69. The van der Waals surface area contributed by atoms with Crippen molar-refractivity contribution in [1.82, 2.24) is 4.57 Å². The van der Waals surface area contributed by atoms with Crippen LogP contribution in [0.3, 0.4) is 0 Å². The number of nitrogens with two attached hydrogens (primary N) is 1. The zero-order valence-electron chi connectivity index (χ0n) is 11.1. The van der Waals surface area contributed by atoms with Crippen LogP contribution in [0.1, 0.15) is 36.8 Å². The van der Waals surface area contributed by atoms with Crippen molar-refractivity contribution in [1.29, 1.82) is 0 Å². The molecule has 0 aromatic carbocycles. The SMILES string of the molecule is Cn1cc(CC(C)(C)C)c(NC(=O)O)c1C(N)=O. The van der Waals surface area contributed by atoms with Crippen LogP contribution in [0.4, 0.5) is 10.5 Å². The normalized spacial score (nSPS) is 11.3. The van der Waals surface area contributed by atoms with Gasteiger partial charge >= 0.3 is 6.09 Å². The third kappa shape index (κ3) is 3.26. The van der Waals surface area contributed by atoms with E-state index in [4.69, 9.17) is 10.8 Å². The van der Waals surface area contributed by atoms with E-state index in [2.05, 4.69) is 5.32 Å². The lowest BCUT2D eigenvalue weighted by Crippen LogP contribution is -2.19. The van der Waals surface area contributed by atoms with Gasteiger partial charge in [0.05, 0.1) is 5.69 Å². The Bertz CT molecular complexity index is 483. The molecule has 4 N–H and O–H groups in total. The first-order valence-corrected chi connectivity index (χ1v) is 5.60.